The van der Waals surface area contributed by atoms with Crippen molar-refractivity contribution in [1.29, 1.82) is 0 Å². The van der Waals surface area contributed by atoms with Crippen LogP contribution in [0.15, 0.2) is 24.3 Å². The van der Waals surface area contributed by atoms with E-state index in [1.165, 1.54) is 0 Å². The Morgan fingerprint density at radius 3 is 2.75 bits per heavy atom. The second-order valence-electron chi connectivity index (χ2n) is 4.06. The number of aliphatic hydroxyl groups is 1. The van der Waals surface area contributed by atoms with Crippen molar-refractivity contribution in [3.05, 3.63) is 29.8 Å². The lowest BCUT2D eigenvalue weighted by Crippen LogP contribution is -2.21. The molecule has 1 fully saturated rings. The molecule has 1 unspecified atom stereocenters. The molecule has 2 N–H and O–H groups in total. The van der Waals surface area contributed by atoms with Crippen molar-refractivity contribution in [3.63, 3.8) is 0 Å². The molecule has 0 aromatic heterocycles. The van der Waals surface area contributed by atoms with Gasteiger partial charge in [-0.1, -0.05) is 18.2 Å². The number of nitrogens with one attached hydrogen (secondary N) is 1. The van der Waals surface area contributed by atoms with Crippen LogP contribution in [0.5, 0.6) is 0 Å². The minimum absolute atomic E-state index is 0.0299. The van der Waals surface area contributed by atoms with Gasteiger partial charge in [-0.05, 0) is 12.5 Å². The fourth-order valence-corrected chi connectivity index (χ4v) is 3.60. The number of hydrogen-bond acceptors (Lipinski definition) is 4. The van der Waals surface area contributed by atoms with Crippen molar-refractivity contribution in [2.24, 2.45) is 0 Å². The molecule has 0 saturated carbocycles. The highest BCUT2D eigenvalue weighted by Crippen LogP contribution is 2.20. The maximum Gasteiger partial charge on any atom is 0.152 e. The number of anilines is 1. The SMILES string of the molecule is O=S1(=O)CCC(Nc2ccccc2CO)C1. The lowest BCUT2D eigenvalue weighted by molar-refractivity contribution is 0.282. The van der Waals surface area contributed by atoms with E-state index in [1.54, 1.807) is 0 Å². The van der Waals surface area contributed by atoms with E-state index in [-0.39, 0.29) is 24.2 Å². The summed E-state index contributed by atoms with van der Waals surface area (Å²) >= 11 is 0. The summed E-state index contributed by atoms with van der Waals surface area (Å²) in [7, 11) is -2.86. The minimum Gasteiger partial charge on any atom is -0.392 e. The van der Waals surface area contributed by atoms with Crippen LogP contribution in [0.25, 0.3) is 0 Å². The third-order valence-corrected chi connectivity index (χ3v) is 4.55. The van der Waals surface area contributed by atoms with Crippen LogP contribution in [0.1, 0.15) is 12.0 Å². The second kappa shape index (κ2) is 4.43. The van der Waals surface area contributed by atoms with E-state index < -0.39 is 9.84 Å². The van der Waals surface area contributed by atoms with Crippen LogP contribution >= 0.6 is 0 Å². The van der Waals surface area contributed by atoms with Crippen molar-refractivity contribution in [2.45, 2.75) is 19.1 Å². The van der Waals surface area contributed by atoms with E-state index in [9.17, 15) is 8.42 Å². The smallest absolute Gasteiger partial charge is 0.152 e. The molecule has 2 rings (SSSR count). The Bertz CT molecular complexity index is 470. The highest BCUT2D eigenvalue weighted by atomic mass is 32.2. The molecule has 1 aromatic rings. The van der Waals surface area contributed by atoms with Gasteiger partial charge in [-0.25, -0.2) is 8.42 Å². The summed E-state index contributed by atoms with van der Waals surface area (Å²) in [6, 6.07) is 7.37. The van der Waals surface area contributed by atoms with Gasteiger partial charge in [0.05, 0.1) is 18.1 Å². The van der Waals surface area contributed by atoms with Crippen LogP contribution in [0, 0.1) is 0 Å². The highest BCUT2D eigenvalue weighted by Gasteiger charge is 2.27. The maximum atomic E-state index is 11.3. The van der Waals surface area contributed by atoms with Crippen molar-refractivity contribution < 1.29 is 13.5 Å². The summed E-state index contributed by atoms with van der Waals surface area (Å²) in [5.41, 5.74) is 1.62. The average molecular weight is 241 g/mol. The van der Waals surface area contributed by atoms with Crippen LogP contribution in [-0.4, -0.2) is 31.1 Å². The van der Waals surface area contributed by atoms with Crippen molar-refractivity contribution >= 4 is 15.5 Å². The summed E-state index contributed by atoms with van der Waals surface area (Å²) in [5, 5.41) is 12.3. The molecule has 16 heavy (non-hydrogen) atoms. The van der Waals surface area contributed by atoms with Gasteiger partial charge in [0.2, 0.25) is 0 Å². The molecule has 1 aromatic carbocycles. The maximum absolute atomic E-state index is 11.3. The first-order chi connectivity index (χ1) is 7.61. The molecule has 1 heterocycles. The second-order valence-corrected chi connectivity index (χ2v) is 6.29. The molecule has 5 heteroatoms. The van der Waals surface area contributed by atoms with Gasteiger partial charge in [0, 0.05) is 17.3 Å². The third-order valence-electron chi connectivity index (χ3n) is 2.78. The van der Waals surface area contributed by atoms with E-state index in [2.05, 4.69) is 5.32 Å². The zero-order valence-corrected chi connectivity index (χ0v) is 9.70. The normalized spacial score (nSPS) is 23.2. The van der Waals surface area contributed by atoms with Gasteiger partial charge >= 0.3 is 0 Å². The molecule has 0 amide bonds. The summed E-state index contributed by atoms with van der Waals surface area (Å²) in [6.07, 6.45) is 0.641. The van der Waals surface area contributed by atoms with Gasteiger partial charge in [0.15, 0.2) is 9.84 Å². The molecule has 88 valence electrons. The van der Waals surface area contributed by atoms with Gasteiger partial charge in [-0.2, -0.15) is 0 Å². The molecule has 4 nitrogen and oxygen atoms in total. The van der Waals surface area contributed by atoms with Crippen LogP contribution in [0.4, 0.5) is 5.69 Å². The Kier molecular flexibility index (Phi) is 3.16. The molecule has 0 bridgehead atoms. The Morgan fingerprint density at radius 2 is 2.12 bits per heavy atom. The van der Waals surface area contributed by atoms with E-state index in [1.807, 2.05) is 24.3 Å². The van der Waals surface area contributed by atoms with Crippen LogP contribution in [0.3, 0.4) is 0 Å². The molecule has 1 aliphatic rings. The Labute approximate surface area is 95.2 Å². The molecular formula is C11H15NO3S. The molecule has 0 spiro atoms. The van der Waals surface area contributed by atoms with Gasteiger partial charge in [-0.3, -0.25) is 0 Å². The van der Waals surface area contributed by atoms with Crippen LogP contribution in [-0.2, 0) is 16.4 Å². The topological polar surface area (TPSA) is 66.4 Å². The fourth-order valence-electron chi connectivity index (χ4n) is 1.93. The molecule has 0 aliphatic carbocycles. The number of benzene rings is 1. The molecular weight excluding hydrogens is 226 g/mol. The monoisotopic (exact) mass is 241 g/mol. The Hall–Kier alpha value is -1.07. The van der Waals surface area contributed by atoms with Gasteiger partial charge < -0.3 is 10.4 Å². The summed E-state index contributed by atoms with van der Waals surface area (Å²) < 4.78 is 22.6. The van der Waals surface area contributed by atoms with Crippen LogP contribution in [0.2, 0.25) is 0 Å². The van der Waals surface area contributed by atoms with Gasteiger partial charge in [0.25, 0.3) is 0 Å². The van der Waals surface area contributed by atoms with E-state index in [0.717, 1.165) is 11.3 Å². The molecule has 1 saturated heterocycles. The molecule has 1 aliphatic heterocycles. The van der Waals surface area contributed by atoms with E-state index in [0.29, 0.717) is 6.42 Å². The zero-order valence-electron chi connectivity index (χ0n) is 8.89. The van der Waals surface area contributed by atoms with Crippen LogP contribution < -0.4 is 5.32 Å². The first-order valence-corrected chi connectivity index (χ1v) is 7.08. The first kappa shape index (κ1) is 11.4. The third kappa shape index (κ3) is 2.54. The number of aliphatic hydroxyl groups excluding tert-OH is 1. The van der Waals surface area contributed by atoms with Gasteiger partial charge in [-0.15, -0.1) is 0 Å². The van der Waals surface area contributed by atoms with Crippen molar-refractivity contribution in [1.82, 2.24) is 0 Å². The number of para-hydroxylation sites is 1. The zero-order chi connectivity index (χ0) is 11.6. The predicted octanol–water partition coefficient (Wildman–Crippen LogP) is 0.778. The van der Waals surface area contributed by atoms with Crippen molar-refractivity contribution in [3.8, 4) is 0 Å². The quantitative estimate of drug-likeness (QED) is 0.820. The molecule has 0 radical (unpaired) electrons. The van der Waals surface area contributed by atoms with Crippen molar-refractivity contribution in [2.75, 3.05) is 16.8 Å². The number of hydrogen-bond donors (Lipinski definition) is 2. The average Bonchev–Trinajstić information content (AvgIpc) is 2.59. The Balaban J connectivity index is 2.10. The van der Waals surface area contributed by atoms with E-state index in [4.69, 9.17) is 5.11 Å². The minimum atomic E-state index is -2.86. The lowest BCUT2D eigenvalue weighted by atomic mass is 10.1. The summed E-state index contributed by atoms with van der Waals surface area (Å²) in [5.74, 6) is 0.443. The fraction of sp³-hybridized carbons (Fsp3) is 0.455. The lowest BCUT2D eigenvalue weighted by Gasteiger charge is -2.15. The summed E-state index contributed by atoms with van der Waals surface area (Å²) in [6.45, 7) is -0.0390. The predicted molar refractivity (Wildman–Crippen MR) is 63.0 cm³/mol. The first-order valence-electron chi connectivity index (χ1n) is 5.26. The highest BCUT2D eigenvalue weighted by molar-refractivity contribution is 7.91. The van der Waals surface area contributed by atoms with Gasteiger partial charge in [0.1, 0.15) is 0 Å². The standard InChI is InChI=1S/C11H15NO3S/c13-7-9-3-1-2-4-11(9)12-10-5-6-16(14,15)8-10/h1-4,10,12-13H,5-8H2. The Morgan fingerprint density at radius 1 is 1.38 bits per heavy atom. The van der Waals surface area contributed by atoms with E-state index >= 15 is 0 Å². The molecule has 1 atom stereocenters. The number of rotatable bonds is 3. The summed E-state index contributed by atoms with van der Waals surface area (Å²) in [4.78, 5) is 0. The largest absolute Gasteiger partial charge is 0.392 e. The number of sulfone groups is 1.